The van der Waals surface area contributed by atoms with Crippen LogP contribution in [0.1, 0.15) is 15.2 Å². The third-order valence-electron chi connectivity index (χ3n) is 6.77. The Morgan fingerprint density at radius 3 is 2.38 bits per heavy atom. The molecular formula is C35H27IrN3O-2. The molecule has 5 heteroatoms. The minimum absolute atomic E-state index is 0. The van der Waals surface area contributed by atoms with Crippen molar-refractivity contribution >= 4 is 22.3 Å². The Morgan fingerprint density at radius 2 is 1.57 bits per heavy atom. The number of hydrogen-bond donors (Lipinski definition) is 0. The van der Waals surface area contributed by atoms with Gasteiger partial charge in [0.15, 0.2) is 0 Å². The predicted molar refractivity (Wildman–Crippen MR) is 159 cm³/mol. The van der Waals surface area contributed by atoms with E-state index in [0.29, 0.717) is 34.1 Å². The van der Waals surface area contributed by atoms with Crippen LogP contribution in [0.4, 0.5) is 11.4 Å². The van der Waals surface area contributed by atoms with Crippen LogP contribution in [0.15, 0.2) is 109 Å². The zero-order valence-electron chi connectivity index (χ0n) is 25.0. The average Bonchev–Trinajstić information content (AvgIpc) is 3.02. The number of fused-ring (bicyclic) bond motifs is 3. The fraction of sp³-hybridized carbons (Fsp3) is 0.0857. The Hall–Kier alpha value is -4.31. The SMILES string of the molecule is [2H]C([2H])([2H])N1c2cc[c-]c(-c3ccc4ccccc4n3)c2Oc2c1ccc(C)c2C.[Ir].[c-]1ccccc1-c1ccccn1. The third-order valence-corrected chi connectivity index (χ3v) is 6.77. The van der Waals surface area contributed by atoms with Gasteiger partial charge < -0.3 is 14.6 Å². The molecule has 0 saturated heterocycles. The van der Waals surface area contributed by atoms with Crippen molar-refractivity contribution in [1.29, 1.82) is 0 Å². The van der Waals surface area contributed by atoms with Gasteiger partial charge in [-0.3, -0.25) is 4.98 Å². The molecule has 1 aliphatic heterocycles. The number of nitrogens with zero attached hydrogens (tertiary/aromatic N) is 3. The average molecular weight is 701 g/mol. The van der Waals surface area contributed by atoms with E-state index < -0.39 is 6.98 Å². The molecule has 0 fully saturated rings. The van der Waals surface area contributed by atoms with Gasteiger partial charge in [-0.1, -0.05) is 54.1 Å². The van der Waals surface area contributed by atoms with E-state index in [-0.39, 0.29) is 20.1 Å². The van der Waals surface area contributed by atoms with E-state index in [4.69, 9.17) is 13.8 Å². The second kappa shape index (κ2) is 11.8. The first kappa shape index (κ1) is 23.6. The van der Waals surface area contributed by atoms with Crippen LogP contribution in [0.3, 0.4) is 0 Å². The summed E-state index contributed by atoms with van der Waals surface area (Å²) < 4.78 is 30.9. The second-order valence-corrected chi connectivity index (χ2v) is 9.24. The van der Waals surface area contributed by atoms with Crippen molar-refractivity contribution in [3.05, 3.63) is 133 Å². The minimum atomic E-state index is -2.37. The second-order valence-electron chi connectivity index (χ2n) is 9.24. The number of aromatic nitrogens is 2. The van der Waals surface area contributed by atoms with Gasteiger partial charge in [0.05, 0.1) is 17.0 Å². The summed E-state index contributed by atoms with van der Waals surface area (Å²) in [7, 11) is 0. The van der Waals surface area contributed by atoms with Crippen LogP contribution in [0.25, 0.3) is 33.4 Å². The first-order valence-corrected chi connectivity index (χ1v) is 12.7. The largest absolute Gasteiger partial charge is 0.497 e. The summed E-state index contributed by atoms with van der Waals surface area (Å²) in [4.78, 5) is 10.4. The van der Waals surface area contributed by atoms with Crippen molar-refractivity contribution < 1.29 is 29.0 Å². The van der Waals surface area contributed by atoms with Crippen LogP contribution in [-0.2, 0) is 20.1 Å². The molecule has 0 atom stereocenters. The third kappa shape index (κ3) is 5.27. The van der Waals surface area contributed by atoms with Gasteiger partial charge >= 0.3 is 0 Å². The molecule has 0 aliphatic carbocycles. The molecular weight excluding hydrogens is 671 g/mol. The van der Waals surface area contributed by atoms with E-state index >= 15 is 0 Å². The first-order chi connectivity index (χ1) is 20.3. The van der Waals surface area contributed by atoms with Gasteiger partial charge in [-0.05, 0) is 59.9 Å². The monoisotopic (exact) mass is 701 g/mol. The van der Waals surface area contributed by atoms with Crippen molar-refractivity contribution in [3.8, 4) is 34.0 Å². The molecule has 3 heterocycles. The van der Waals surface area contributed by atoms with Crippen LogP contribution in [-0.4, -0.2) is 16.9 Å². The fourth-order valence-electron chi connectivity index (χ4n) is 4.54. The van der Waals surface area contributed by atoms with Crippen LogP contribution < -0.4 is 9.64 Å². The first-order valence-electron chi connectivity index (χ1n) is 14.2. The number of para-hydroxylation sites is 1. The smallest absolute Gasteiger partial charge is 0.141 e. The summed E-state index contributed by atoms with van der Waals surface area (Å²) in [5, 5.41) is 1.04. The van der Waals surface area contributed by atoms with Gasteiger partial charge in [0.2, 0.25) is 0 Å². The number of ether oxygens (including phenoxy) is 1. The zero-order chi connectivity index (χ0) is 29.3. The molecule has 2 aromatic heterocycles. The summed E-state index contributed by atoms with van der Waals surface area (Å²) in [5.41, 5.74) is 7.15. The van der Waals surface area contributed by atoms with Gasteiger partial charge in [0.25, 0.3) is 0 Å². The Bertz CT molecular complexity index is 1840. The molecule has 0 spiro atoms. The molecule has 0 bridgehead atoms. The van der Waals surface area contributed by atoms with Crippen LogP contribution in [0.2, 0.25) is 0 Å². The zero-order valence-corrected chi connectivity index (χ0v) is 24.4. The molecule has 4 aromatic carbocycles. The minimum Gasteiger partial charge on any atom is -0.497 e. The predicted octanol–water partition coefficient (Wildman–Crippen LogP) is 8.74. The summed E-state index contributed by atoms with van der Waals surface area (Å²) in [6.45, 7) is 1.55. The van der Waals surface area contributed by atoms with Crippen LogP contribution in [0, 0.1) is 26.0 Å². The maximum absolute atomic E-state index is 8.17. The van der Waals surface area contributed by atoms with Gasteiger partial charge in [0, 0.05) is 43.1 Å². The number of rotatable bonds is 2. The standard InChI is InChI=1S/C24H19N2O.C11H8N.Ir/c1-15-11-14-22-23(16(15)2)27-24-18(8-6-10-21(24)26(22)3)20-13-12-17-7-4-5-9-19(17)25-20;1-2-6-10(7-3-1)11-8-4-5-9-12-11;/h4-7,9-14H,1-3H3;1-6,8-9H;/q2*-1;/i3D3;;. The maximum atomic E-state index is 8.17. The molecule has 199 valence electrons. The van der Waals surface area contributed by atoms with Gasteiger partial charge in [-0.25, -0.2) is 0 Å². The number of pyridine rings is 2. The van der Waals surface area contributed by atoms with Crippen LogP contribution in [0.5, 0.6) is 11.5 Å². The molecule has 4 nitrogen and oxygen atoms in total. The topological polar surface area (TPSA) is 38.2 Å². The Morgan fingerprint density at radius 1 is 0.750 bits per heavy atom. The molecule has 0 saturated carbocycles. The Labute approximate surface area is 252 Å². The van der Waals surface area contributed by atoms with Crippen molar-refractivity contribution in [2.75, 3.05) is 11.9 Å². The van der Waals surface area contributed by atoms with E-state index in [1.165, 1.54) is 4.90 Å². The van der Waals surface area contributed by atoms with Gasteiger partial charge in [-0.2, -0.15) is 0 Å². The normalized spacial score (nSPS) is 12.8. The summed E-state index contributed by atoms with van der Waals surface area (Å²) >= 11 is 0. The molecule has 1 radical (unpaired) electrons. The number of benzene rings is 4. The van der Waals surface area contributed by atoms with Crippen molar-refractivity contribution in [3.63, 3.8) is 0 Å². The Kier molecular flexibility index (Phi) is 6.97. The number of anilines is 2. The van der Waals surface area contributed by atoms with E-state index in [9.17, 15) is 0 Å². The molecule has 0 N–H and O–H groups in total. The van der Waals surface area contributed by atoms with Crippen molar-refractivity contribution in [2.24, 2.45) is 0 Å². The Balaban J connectivity index is 0.000000238. The number of aryl methyl sites for hydroxylation is 1. The molecule has 1 aliphatic rings. The summed E-state index contributed by atoms with van der Waals surface area (Å²) in [6, 6.07) is 39.0. The molecule has 40 heavy (non-hydrogen) atoms. The number of hydrogen-bond acceptors (Lipinski definition) is 4. The molecule has 0 amide bonds. The summed E-state index contributed by atoms with van der Waals surface area (Å²) in [6.07, 6.45) is 1.79. The van der Waals surface area contributed by atoms with Gasteiger partial charge in [-0.15, -0.1) is 54.1 Å². The molecule has 6 aromatic rings. The van der Waals surface area contributed by atoms with E-state index in [0.717, 1.165) is 33.3 Å². The maximum Gasteiger partial charge on any atom is 0.141 e. The molecule has 0 unspecified atom stereocenters. The molecule has 7 rings (SSSR count). The van der Waals surface area contributed by atoms with E-state index in [1.54, 1.807) is 24.4 Å². The fourth-order valence-corrected chi connectivity index (χ4v) is 4.54. The van der Waals surface area contributed by atoms with Crippen molar-refractivity contribution in [1.82, 2.24) is 9.97 Å². The van der Waals surface area contributed by atoms with Crippen LogP contribution >= 0.6 is 0 Å². The van der Waals surface area contributed by atoms with Gasteiger partial charge in [0.1, 0.15) is 5.75 Å². The summed E-state index contributed by atoms with van der Waals surface area (Å²) in [5.74, 6) is 1.01. The van der Waals surface area contributed by atoms with E-state index in [2.05, 4.69) is 17.1 Å². The van der Waals surface area contributed by atoms with E-state index in [1.807, 2.05) is 98.8 Å². The van der Waals surface area contributed by atoms with Crippen molar-refractivity contribution in [2.45, 2.75) is 13.8 Å². The quantitative estimate of drug-likeness (QED) is 0.170.